The fraction of sp³-hybridized carbons (Fsp3) is 0.500. The molecule has 0 radical (unpaired) electrons. The van der Waals surface area contributed by atoms with Crippen molar-refractivity contribution in [1.29, 1.82) is 0 Å². The minimum atomic E-state index is 0.00148. The summed E-state index contributed by atoms with van der Waals surface area (Å²) >= 11 is 4.75. The van der Waals surface area contributed by atoms with Gasteiger partial charge in [-0.25, -0.2) is 0 Å². The van der Waals surface area contributed by atoms with Gasteiger partial charge in [0.25, 0.3) is 5.91 Å². The predicted octanol–water partition coefficient (Wildman–Crippen LogP) is 2.36. The van der Waals surface area contributed by atoms with Gasteiger partial charge in [-0.1, -0.05) is 6.92 Å². The number of hydrogen-bond donors (Lipinski definition) is 1. The summed E-state index contributed by atoms with van der Waals surface area (Å²) in [4.78, 5) is 14.3. The average Bonchev–Trinajstić information content (AvgIpc) is 2.63. The van der Waals surface area contributed by atoms with Gasteiger partial charge >= 0.3 is 0 Å². The van der Waals surface area contributed by atoms with Crippen molar-refractivity contribution in [3.05, 3.63) is 20.8 Å². The number of aliphatic hydroxyl groups excluding tert-OH is 1. The Kier molecular flexibility index (Phi) is 5.28. The number of aliphatic hydroxyl groups is 1. The SMILES string of the molecule is CCCN(CCO)C(=O)c1ccc(Br)s1. The first-order valence-corrected chi connectivity index (χ1v) is 6.45. The van der Waals surface area contributed by atoms with Crippen LogP contribution in [0.5, 0.6) is 0 Å². The summed E-state index contributed by atoms with van der Waals surface area (Å²) in [6.07, 6.45) is 0.901. The fourth-order valence-corrected chi connectivity index (χ4v) is 2.64. The molecule has 0 fully saturated rings. The van der Waals surface area contributed by atoms with Gasteiger partial charge in [-0.2, -0.15) is 0 Å². The number of nitrogens with zero attached hydrogens (tertiary/aromatic N) is 1. The molecule has 0 unspecified atom stereocenters. The van der Waals surface area contributed by atoms with E-state index in [0.29, 0.717) is 18.0 Å². The van der Waals surface area contributed by atoms with E-state index in [9.17, 15) is 4.79 Å². The summed E-state index contributed by atoms with van der Waals surface area (Å²) < 4.78 is 0.950. The van der Waals surface area contributed by atoms with E-state index < -0.39 is 0 Å². The van der Waals surface area contributed by atoms with E-state index >= 15 is 0 Å². The maximum atomic E-state index is 11.9. The highest BCUT2D eigenvalue weighted by Crippen LogP contribution is 2.23. The lowest BCUT2D eigenvalue weighted by molar-refractivity contribution is 0.0727. The van der Waals surface area contributed by atoms with E-state index in [4.69, 9.17) is 5.11 Å². The van der Waals surface area contributed by atoms with E-state index in [0.717, 1.165) is 10.2 Å². The molecule has 3 nitrogen and oxygen atoms in total. The Hall–Kier alpha value is -0.390. The summed E-state index contributed by atoms with van der Waals surface area (Å²) in [5, 5.41) is 8.86. The molecule has 1 aromatic heterocycles. The topological polar surface area (TPSA) is 40.5 Å². The number of carbonyl (C=O) groups excluding carboxylic acids is 1. The van der Waals surface area contributed by atoms with Crippen LogP contribution in [0.4, 0.5) is 0 Å². The number of carbonyl (C=O) groups is 1. The zero-order valence-electron chi connectivity index (χ0n) is 8.57. The van der Waals surface area contributed by atoms with E-state index in [1.807, 2.05) is 13.0 Å². The largest absolute Gasteiger partial charge is 0.395 e. The van der Waals surface area contributed by atoms with Crippen molar-refractivity contribution in [2.45, 2.75) is 13.3 Å². The molecule has 0 aliphatic carbocycles. The molecule has 1 amide bonds. The van der Waals surface area contributed by atoms with E-state index in [1.165, 1.54) is 11.3 Å². The Bertz CT molecular complexity index is 321. The molecule has 0 saturated carbocycles. The summed E-state index contributed by atoms with van der Waals surface area (Å²) in [5.74, 6) is 0.00148. The third-order valence-corrected chi connectivity index (χ3v) is 3.55. The molecular weight excluding hydrogens is 278 g/mol. The number of hydrogen-bond acceptors (Lipinski definition) is 3. The van der Waals surface area contributed by atoms with Crippen LogP contribution in [0, 0.1) is 0 Å². The highest BCUT2D eigenvalue weighted by Gasteiger charge is 2.15. The minimum absolute atomic E-state index is 0.00148. The van der Waals surface area contributed by atoms with Crippen molar-refractivity contribution in [2.24, 2.45) is 0 Å². The molecule has 0 spiro atoms. The minimum Gasteiger partial charge on any atom is -0.395 e. The van der Waals surface area contributed by atoms with Crippen LogP contribution < -0.4 is 0 Å². The van der Waals surface area contributed by atoms with E-state index in [1.54, 1.807) is 11.0 Å². The summed E-state index contributed by atoms with van der Waals surface area (Å²) in [6, 6.07) is 3.66. The number of halogens is 1. The van der Waals surface area contributed by atoms with Gasteiger partial charge in [-0.15, -0.1) is 11.3 Å². The normalized spacial score (nSPS) is 10.3. The molecule has 5 heteroatoms. The second-order valence-corrected chi connectivity index (χ2v) is 5.58. The van der Waals surface area contributed by atoms with Gasteiger partial charge in [0.15, 0.2) is 0 Å². The first-order chi connectivity index (χ1) is 7.19. The maximum Gasteiger partial charge on any atom is 0.264 e. The number of thiophene rings is 1. The summed E-state index contributed by atoms with van der Waals surface area (Å²) in [6.45, 7) is 3.12. The molecule has 1 aromatic rings. The molecule has 0 aromatic carbocycles. The Morgan fingerprint density at radius 2 is 2.27 bits per heavy atom. The predicted molar refractivity (Wildman–Crippen MR) is 65.3 cm³/mol. The standard InChI is InChI=1S/C10H14BrNO2S/c1-2-5-12(6-7-13)10(14)8-3-4-9(11)15-8/h3-4,13H,2,5-7H2,1H3. The Labute approximate surface area is 102 Å². The smallest absolute Gasteiger partial charge is 0.264 e. The van der Waals surface area contributed by atoms with E-state index in [2.05, 4.69) is 15.9 Å². The first kappa shape index (κ1) is 12.7. The molecule has 0 atom stereocenters. The van der Waals surface area contributed by atoms with E-state index in [-0.39, 0.29) is 12.5 Å². The second-order valence-electron chi connectivity index (χ2n) is 3.12. The molecule has 0 saturated heterocycles. The molecule has 1 N–H and O–H groups in total. The molecule has 0 bridgehead atoms. The fourth-order valence-electron chi connectivity index (χ4n) is 1.29. The first-order valence-electron chi connectivity index (χ1n) is 4.84. The van der Waals surface area contributed by atoms with Gasteiger partial charge in [0.2, 0.25) is 0 Å². The molecule has 15 heavy (non-hydrogen) atoms. The van der Waals surface area contributed by atoms with Gasteiger partial charge in [0.1, 0.15) is 0 Å². The third kappa shape index (κ3) is 3.59. The summed E-state index contributed by atoms with van der Waals surface area (Å²) in [7, 11) is 0. The van der Waals surface area contributed by atoms with Gasteiger partial charge in [-0.3, -0.25) is 4.79 Å². The molecule has 0 aliphatic heterocycles. The van der Waals surface area contributed by atoms with Crippen molar-refractivity contribution in [2.75, 3.05) is 19.7 Å². The van der Waals surface area contributed by atoms with Crippen molar-refractivity contribution in [1.82, 2.24) is 4.90 Å². The van der Waals surface area contributed by atoms with Crippen molar-refractivity contribution in [3.8, 4) is 0 Å². The monoisotopic (exact) mass is 291 g/mol. The average molecular weight is 292 g/mol. The highest BCUT2D eigenvalue weighted by molar-refractivity contribution is 9.11. The van der Waals surface area contributed by atoms with Crippen molar-refractivity contribution in [3.63, 3.8) is 0 Å². The van der Waals surface area contributed by atoms with Crippen LogP contribution >= 0.6 is 27.3 Å². The van der Waals surface area contributed by atoms with Crippen LogP contribution in [0.25, 0.3) is 0 Å². The van der Waals surface area contributed by atoms with Gasteiger partial charge in [0, 0.05) is 13.1 Å². The van der Waals surface area contributed by atoms with Crippen molar-refractivity contribution >= 4 is 33.2 Å². The van der Waals surface area contributed by atoms with Gasteiger partial charge in [0.05, 0.1) is 15.3 Å². The molecule has 1 heterocycles. The van der Waals surface area contributed by atoms with Crippen LogP contribution in [-0.2, 0) is 0 Å². The van der Waals surface area contributed by atoms with Crippen LogP contribution in [0.2, 0.25) is 0 Å². The Morgan fingerprint density at radius 3 is 2.73 bits per heavy atom. The van der Waals surface area contributed by atoms with Crippen molar-refractivity contribution < 1.29 is 9.90 Å². The highest BCUT2D eigenvalue weighted by atomic mass is 79.9. The number of rotatable bonds is 5. The lowest BCUT2D eigenvalue weighted by atomic mass is 10.3. The Balaban J connectivity index is 2.71. The molecule has 84 valence electrons. The van der Waals surface area contributed by atoms with Crippen LogP contribution in [0.1, 0.15) is 23.0 Å². The van der Waals surface area contributed by atoms with Crippen LogP contribution in [-0.4, -0.2) is 35.6 Å². The zero-order valence-corrected chi connectivity index (χ0v) is 11.0. The van der Waals surface area contributed by atoms with Crippen LogP contribution in [0.3, 0.4) is 0 Å². The number of amides is 1. The molecular formula is C10H14BrNO2S. The zero-order chi connectivity index (χ0) is 11.3. The third-order valence-electron chi connectivity index (χ3n) is 1.93. The maximum absolute atomic E-state index is 11.9. The summed E-state index contributed by atoms with van der Waals surface area (Å²) in [5.41, 5.74) is 0. The lowest BCUT2D eigenvalue weighted by Gasteiger charge is -2.19. The van der Waals surface area contributed by atoms with Gasteiger partial charge in [-0.05, 0) is 34.5 Å². The quantitative estimate of drug-likeness (QED) is 0.905. The second kappa shape index (κ2) is 6.25. The van der Waals surface area contributed by atoms with Gasteiger partial charge < -0.3 is 10.0 Å². The lowest BCUT2D eigenvalue weighted by Crippen LogP contribution is -2.33. The Morgan fingerprint density at radius 1 is 1.53 bits per heavy atom. The molecule has 0 aliphatic rings. The van der Waals surface area contributed by atoms with Crippen LogP contribution in [0.15, 0.2) is 15.9 Å². The molecule has 1 rings (SSSR count).